The summed E-state index contributed by atoms with van der Waals surface area (Å²) >= 11 is 13.9. The minimum atomic E-state index is -3.94. The summed E-state index contributed by atoms with van der Waals surface area (Å²) in [7, 11) is -3.94. The highest BCUT2D eigenvalue weighted by Crippen LogP contribution is 2.31. The van der Waals surface area contributed by atoms with Gasteiger partial charge in [0, 0.05) is 10.8 Å². The number of sulfonamides is 1. The van der Waals surface area contributed by atoms with E-state index < -0.39 is 15.8 Å². The highest BCUT2D eigenvalue weighted by molar-refractivity contribution is 7.98. The number of nitrogens with zero attached hydrogens (tertiary/aromatic N) is 3. The molecule has 0 atom stereocenters. The lowest BCUT2D eigenvalue weighted by Gasteiger charge is -2.13. The maximum absolute atomic E-state index is 13.2. The molecule has 6 nitrogen and oxygen atoms in total. The van der Waals surface area contributed by atoms with E-state index in [2.05, 4.69) is 14.9 Å². The highest BCUT2D eigenvalue weighted by Gasteiger charge is 2.20. The number of benzene rings is 3. The van der Waals surface area contributed by atoms with Crippen molar-refractivity contribution in [2.45, 2.75) is 22.3 Å². The Kier molecular flexibility index (Phi) is 7.54. The van der Waals surface area contributed by atoms with Crippen LogP contribution in [0.3, 0.4) is 0 Å². The predicted octanol–water partition coefficient (Wildman–Crippen LogP) is 5.62. The van der Waals surface area contributed by atoms with Crippen molar-refractivity contribution >= 4 is 45.0 Å². The first-order chi connectivity index (χ1) is 16.2. The van der Waals surface area contributed by atoms with E-state index in [1.165, 1.54) is 36.0 Å². The third-order valence-electron chi connectivity index (χ3n) is 4.67. The molecule has 0 aliphatic rings. The van der Waals surface area contributed by atoms with Gasteiger partial charge in [-0.1, -0.05) is 47.1 Å². The highest BCUT2D eigenvalue weighted by atomic mass is 35.5. The van der Waals surface area contributed by atoms with Crippen molar-refractivity contribution < 1.29 is 17.2 Å². The fraction of sp³-hybridized carbons (Fsp3) is 0.0909. The lowest BCUT2D eigenvalue weighted by Crippen LogP contribution is -2.25. The van der Waals surface area contributed by atoms with E-state index >= 15 is 0 Å². The first-order valence-electron chi connectivity index (χ1n) is 9.75. The Bertz CT molecular complexity index is 1410. The van der Waals surface area contributed by atoms with Crippen LogP contribution in [0.25, 0.3) is 5.69 Å². The van der Waals surface area contributed by atoms with E-state index in [9.17, 15) is 17.2 Å². The lowest BCUT2D eigenvalue weighted by atomic mass is 10.2. The van der Waals surface area contributed by atoms with Gasteiger partial charge in [-0.3, -0.25) is 4.57 Å². The molecular formula is C22H16Cl2F2N4O2S2. The molecule has 0 fully saturated rings. The van der Waals surface area contributed by atoms with Crippen LogP contribution in [-0.2, 0) is 22.3 Å². The molecule has 4 aromatic rings. The minimum absolute atomic E-state index is 0.0911. The van der Waals surface area contributed by atoms with Gasteiger partial charge in [0.1, 0.15) is 11.6 Å². The Balaban J connectivity index is 1.64. The fourth-order valence-electron chi connectivity index (χ4n) is 2.99. The zero-order valence-corrected chi connectivity index (χ0v) is 20.4. The second-order valence-corrected chi connectivity index (χ2v) is 10.6. The molecule has 0 bridgehead atoms. The molecule has 34 heavy (non-hydrogen) atoms. The average Bonchev–Trinajstić information content (AvgIpc) is 3.22. The van der Waals surface area contributed by atoms with Crippen LogP contribution in [0.15, 0.2) is 76.8 Å². The molecule has 0 saturated heterocycles. The normalized spacial score (nSPS) is 11.6. The van der Waals surface area contributed by atoms with Crippen molar-refractivity contribution in [3.05, 3.63) is 99.8 Å². The molecule has 1 N–H and O–H groups in total. The Morgan fingerprint density at radius 2 is 1.56 bits per heavy atom. The summed E-state index contributed by atoms with van der Waals surface area (Å²) in [4.78, 5) is -0.0911. The van der Waals surface area contributed by atoms with Gasteiger partial charge in [0.25, 0.3) is 0 Å². The largest absolute Gasteiger partial charge is 0.271 e. The zero-order valence-electron chi connectivity index (χ0n) is 17.3. The molecule has 0 aliphatic carbocycles. The first kappa shape index (κ1) is 24.6. The van der Waals surface area contributed by atoms with E-state index in [0.29, 0.717) is 26.6 Å². The second kappa shape index (κ2) is 10.4. The maximum atomic E-state index is 13.2. The standard InChI is InChI=1S/C22H16Cl2F2N4O2S2/c23-15-3-10-19(24)20(11-15)30-21(12-27-34(31,32)18-8-6-17(26)7-9-18)28-29-22(30)33-13-14-1-4-16(25)5-2-14/h1-11,27H,12-13H2. The maximum Gasteiger partial charge on any atom is 0.240 e. The monoisotopic (exact) mass is 540 g/mol. The number of rotatable bonds is 8. The zero-order chi connectivity index (χ0) is 24.3. The molecule has 0 saturated carbocycles. The van der Waals surface area contributed by atoms with Crippen molar-refractivity contribution in [2.75, 3.05) is 0 Å². The van der Waals surface area contributed by atoms with Crippen LogP contribution in [0.5, 0.6) is 0 Å². The van der Waals surface area contributed by atoms with Crippen LogP contribution < -0.4 is 4.72 Å². The number of hydrogen-bond donors (Lipinski definition) is 1. The average molecular weight is 541 g/mol. The van der Waals surface area contributed by atoms with Gasteiger partial charge in [-0.05, 0) is 60.2 Å². The first-order valence-corrected chi connectivity index (χ1v) is 13.0. The van der Waals surface area contributed by atoms with Crippen LogP contribution >= 0.6 is 35.0 Å². The molecule has 0 radical (unpaired) electrons. The van der Waals surface area contributed by atoms with Crippen LogP contribution in [-0.4, -0.2) is 23.2 Å². The molecule has 0 unspecified atom stereocenters. The summed E-state index contributed by atoms with van der Waals surface area (Å²) in [6.45, 7) is -0.216. The van der Waals surface area contributed by atoms with Crippen molar-refractivity contribution in [1.82, 2.24) is 19.5 Å². The molecule has 4 rings (SSSR count). The van der Waals surface area contributed by atoms with E-state index in [-0.39, 0.29) is 23.1 Å². The van der Waals surface area contributed by atoms with Crippen molar-refractivity contribution in [3.8, 4) is 5.69 Å². The summed E-state index contributed by atoms with van der Waals surface area (Å²) in [5, 5.41) is 9.55. The number of thioether (sulfide) groups is 1. The molecule has 1 aromatic heterocycles. The predicted molar refractivity (Wildman–Crippen MR) is 128 cm³/mol. The molecule has 3 aromatic carbocycles. The van der Waals surface area contributed by atoms with E-state index in [1.807, 2.05) is 0 Å². The molecule has 12 heteroatoms. The number of hydrogen-bond acceptors (Lipinski definition) is 5. The minimum Gasteiger partial charge on any atom is -0.271 e. The molecule has 0 spiro atoms. The van der Waals surface area contributed by atoms with Gasteiger partial charge in [-0.2, -0.15) is 0 Å². The van der Waals surface area contributed by atoms with Gasteiger partial charge in [-0.15, -0.1) is 10.2 Å². The van der Waals surface area contributed by atoms with Crippen LogP contribution in [0.1, 0.15) is 11.4 Å². The summed E-state index contributed by atoms with van der Waals surface area (Å²) in [6.07, 6.45) is 0. The Labute approximate surface area is 209 Å². The van der Waals surface area contributed by atoms with Crippen LogP contribution in [0.4, 0.5) is 8.78 Å². The van der Waals surface area contributed by atoms with Crippen LogP contribution in [0.2, 0.25) is 10.0 Å². The summed E-state index contributed by atoms with van der Waals surface area (Å²) < 4.78 is 55.8. The van der Waals surface area contributed by atoms with Gasteiger partial charge < -0.3 is 0 Å². The van der Waals surface area contributed by atoms with Crippen molar-refractivity contribution in [2.24, 2.45) is 0 Å². The molecule has 176 valence electrons. The van der Waals surface area contributed by atoms with E-state index in [4.69, 9.17) is 23.2 Å². The molecule has 1 heterocycles. The van der Waals surface area contributed by atoms with E-state index in [0.717, 1.165) is 17.7 Å². The summed E-state index contributed by atoms with van der Waals surface area (Å²) in [5.74, 6) is -0.162. The third-order valence-corrected chi connectivity index (χ3v) is 7.65. The Morgan fingerprint density at radius 1 is 0.912 bits per heavy atom. The topological polar surface area (TPSA) is 76.9 Å². The smallest absolute Gasteiger partial charge is 0.240 e. The van der Waals surface area contributed by atoms with Gasteiger partial charge in [0.2, 0.25) is 10.0 Å². The van der Waals surface area contributed by atoms with Crippen molar-refractivity contribution in [1.29, 1.82) is 0 Å². The molecule has 0 amide bonds. The van der Waals surface area contributed by atoms with Gasteiger partial charge in [0.15, 0.2) is 11.0 Å². The molecular weight excluding hydrogens is 525 g/mol. The second-order valence-electron chi connectivity index (χ2n) is 7.02. The number of aromatic nitrogens is 3. The number of halogens is 4. The van der Waals surface area contributed by atoms with Crippen LogP contribution in [0, 0.1) is 11.6 Å². The van der Waals surface area contributed by atoms with Gasteiger partial charge >= 0.3 is 0 Å². The Hall–Kier alpha value is -2.50. The third kappa shape index (κ3) is 5.76. The quantitative estimate of drug-likeness (QED) is 0.293. The molecule has 0 aliphatic heterocycles. The van der Waals surface area contributed by atoms with E-state index in [1.54, 1.807) is 34.9 Å². The summed E-state index contributed by atoms with van der Waals surface area (Å²) in [5.41, 5.74) is 1.33. The lowest BCUT2D eigenvalue weighted by molar-refractivity contribution is 0.577. The SMILES string of the molecule is O=S(=O)(NCc1nnc(SCc2ccc(F)cc2)n1-c1cc(Cl)ccc1Cl)c1ccc(F)cc1. The van der Waals surface area contributed by atoms with Gasteiger partial charge in [-0.25, -0.2) is 21.9 Å². The number of nitrogens with one attached hydrogen (secondary N) is 1. The van der Waals surface area contributed by atoms with Crippen molar-refractivity contribution in [3.63, 3.8) is 0 Å². The van der Waals surface area contributed by atoms with Gasteiger partial charge in [0.05, 0.1) is 22.2 Å². The fourth-order valence-corrected chi connectivity index (χ4v) is 5.26. The Morgan fingerprint density at radius 3 is 2.24 bits per heavy atom. The summed E-state index contributed by atoms with van der Waals surface area (Å²) in [6, 6.07) is 15.4.